The van der Waals surface area contributed by atoms with Gasteiger partial charge in [-0.2, -0.15) is 0 Å². The fourth-order valence-electron chi connectivity index (χ4n) is 2.87. The van der Waals surface area contributed by atoms with Gasteiger partial charge in [0.1, 0.15) is 5.82 Å². The van der Waals surface area contributed by atoms with Gasteiger partial charge in [0.15, 0.2) is 0 Å². The number of nitrogens with one attached hydrogen (secondary N) is 2. The van der Waals surface area contributed by atoms with E-state index in [2.05, 4.69) is 10.6 Å². The van der Waals surface area contributed by atoms with Gasteiger partial charge < -0.3 is 10.6 Å². The van der Waals surface area contributed by atoms with Gasteiger partial charge in [0.05, 0.1) is 26.8 Å². The monoisotopic (exact) mass is 487 g/mol. The zero-order chi connectivity index (χ0) is 23.8. The molecule has 0 aromatic heterocycles. The summed E-state index contributed by atoms with van der Waals surface area (Å²) in [6.45, 7) is 0.420. The molecule has 3 rings (SSSR count). The molecule has 3 aromatic rings. The maximum atomic E-state index is 12.9. The van der Waals surface area contributed by atoms with Gasteiger partial charge in [0.25, 0.3) is 17.5 Å². The van der Waals surface area contributed by atoms with Crippen LogP contribution in [0.4, 0.5) is 15.8 Å². The molecule has 0 unspecified atom stereocenters. The van der Waals surface area contributed by atoms with Crippen LogP contribution in [0.15, 0.2) is 71.6 Å². The third kappa shape index (κ3) is 6.77. The normalized spacial score (nSPS) is 10.5. The first-order valence-corrected chi connectivity index (χ1v) is 11.2. The molecular weight excluding hydrogens is 469 g/mol. The summed E-state index contributed by atoms with van der Waals surface area (Å²) in [5, 5.41) is 16.2. The van der Waals surface area contributed by atoms with E-state index in [0.29, 0.717) is 13.0 Å². The SMILES string of the molecule is O=C(Nc1ccccc1C(=O)NCCCSc1ccc(F)cc1)c1ccc([N+](=O)[O-])cc1Cl. The van der Waals surface area contributed by atoms with Crippen LogP contribution in [0.2, 0.25) is 5.02 Å². The molecule has 0 heterocycles. The molecule has 0 fully saturated rings. The number of amides is 2. The highest BCUT2D eigenvalue weighted by molar-refractivity contribution is 7.99. The lowest BCUT2D eigenvalue weighted by Crippen LogP contribution is -2.26. The molecule has 33 heavy (non-hydrogen) atoms. The number of nitro benzene ring substituents is 1. The number of nitrogens with zero attached hydrogens (tertiary/aromatic N) is 1. The number of benzene rings is 3. The van der Waals surface area contributed by atoms with Crippen molar-refractivity contribution in [3.05, 3.63) is 98.8 Å². The Bertz CT molecular complexity index is 1170. The van der Waals surface area contributed by atoms with Crippen molar-refractivity contribution in [3.63, 3.8) is 0 Å². The smallest absolute Gasteiger partial charge is 0.270 e. The van der Waals surface area contributed by atoms with Gasteiger partial charge in [-0.05, 0) is 54.6 Å². The van der Waals surface area contributed by atoms with Crippen molar-refractivity contribution in [3.8, 4) is 0 Å². The van der Waals surface area contributed by atoms with E-state index < -0.39 is 10.8 Å². The number of para-hydroxylation sites is 1. The number of halogens is 2. The summed E-state index contributed by atoms with van der Waals surface area (Å²) in [5.74, 6) is -0.491. The van der Waals surface area contributed by atoms with Gasteiger partial charge in [-0.25, -0.2) is 4.39 Å². The molecule has 0 radical (unpaired) electrons. The molecule has 2 amide bonds. The van der Waals surface area contributed by atoms with Crippen LogP contribution in [0.3, 0.4) is 0 Å². The summed E-state index contributed by atoms with van der Waals surface area (Å²) in [5.41, 5.74) is 0.384. The molecule has 0 spiro atoms. The van der Waals surface area contributed by atoms with E-state index in [9.17, 15) is 24.1 Å². The molecule has 0 aliphatic carbocycles. The lowest BCUT2D eigenvalue weighted by molar-refractivity contribution is -0.384. The van der Waals surface area contributed by atoms with E-state index in [4.69, 9.17) is 11.6 Å². The Morgan fingerprint density at radius 1 is 1.00 bits per heavy atom. The molecule has 3 aromatic carbocycles. The molecular formula is C23H19ClFN3O4S. The molecule has 2 N–H and O–H groups in total. The second-order valence-electron chi connectivity index (χ2n) is 6.83. The van der Waals surface area contributed by atoms with Crippen LogP contribution < -0.4 is 10.6 Å². The second kappa shape index (κ2) is 11.4. The minimum atomic E-state index is -0.606. The highest BCUT2D eigenvalue weighted by Gasteiger charge is 2.18. The molecule has 170 valence electrons. The number of carbonyl (C=O) groups excluding carboxylic acids is 2. The quantitative estimate of drug-likeness (QED) is 0.178. The maximum absolute atomic E-state index is 12.9. The average Bonchev–Trinajstić information content (AvgIpc) is 2.80. The van der Waals surface area contributed by atoms with E-state index in [1.165, 1.54) is 24.3 Å². The highest BCUT2D eigenvalue weighted by Crippen LogP contribution is 2.24. The fourth-order valence-corrected chi connectivity index (χ4v) is 3.99. The molecule has 0 aliphatic heterocycles. The van der Waals surface area contributed by atoms with Crippen molar-refractivity contribution in [2.75, 3.05) is 17.6 Å². The summed E-state index contributed by atoms with van der Waals surface area (Å²) in [4.78, 5) is 36.4. The van der Waals surface area contributed by atoms with Gasteiger partial charge in [0, 0.05) is 23.6 Å². The standard InChI is InChI=1S/C23H19ClFN3O4S/c24-20-14-16(28(31)32)8-11-18(20)23(30)27-21-5-2-1-4-19(21)22(29)26-12-3-13-33-17-9-6-15(25)7-10-17/h1-2,4-11,14H,3,12-13H2,(H,26,29)(H,27,30). The number of non-ortho nitro benzene ring substituents is 1. The lowest BCUT2D eigenvalue weighted by atomic mass is 10.1. The Hall–Kier alpha value is -3.43. The zero-order valence-electron chi connectivity index (χ0n) is 17.2. The van der Waals surface area contributed by atoms with E-state index in [0.717, 1.165) is 16.7 Å². The van der Waals surface area contributed by atoms with Crippen molar-refractivity contribution in [2.45, 2.75) is 11.3 Å². The lowest BCUT2D eigenvalue weighted by Gasteiger charge is -2.12. The largest absolute Gasteiger partial charge is 0.352 e. The fraction of sp³-hybridized carbons (Fsp3) is 0.130. The Labute approximate surface area is 198 Å². The van der Waals surface area contributed by atoms with Crippen molar-refractivity contribution in [2.24, 2.45) is 0 Å². The summed E-state index contributed by atoms with van der Waals surface area (Å²) in [6, 6.07) is 16.3. The van der Waals surface area contributed by atoms with Gasteiger partial charge in [0.2, 0.25) is 0 Å². The van der Waals surface area contributed by atoms with Gasteiger partial charge in [-0.15, -0.1) is 11.8 Å². The summed E-state index contributed by atoms with van der Waals surface area (Å²) < 4.78 is 12.9. The molecule has 0 aliphatic rings. The van der Waals surface area contributed by atoms with Crippen LogP contribution in [0.25, 0.3) is 0 Å². The topological polar surface area (TPSA) is 101 Å². The average molecular weight is 488 g/mol. The first-order chi connectivity index (χ1) is 15.8. The van der Waals surface area contributed by atoms with Crippen LogP contribution >= 0.6 is 23.4 Å². The Morgan fingerprint density at radius 3 is 2.42 bits per heavy atom. The number of rotatable bonds is 9. The van der Waals surface area contributed by atoms with Gasteiger partial charge >= 0.3 is 0 Å². The first kappa shape index (κ1) is 24.2. The third-order valence-electron chi connectivity index (χ3n) is 4.52. The van der Waals surface area contributed by atoms with Crippen LogP contribution in [0, 0.1) is 15.9 Å². The van der Waals surface area contributed by atoms with E-state index in [1.807, 2.05) is 0 Å². The van der Waals surface area contributed by atoms with Crippen LogP contribution in [0.1, 0.15) is 27.1 Å². The number of hydrogen-bond acceptors (Lipinski definition) is 5. The second-order valence-corrected chi connectivity index (χ2v) is 8.41. The minimum Gasteiger partial charge on any atom is -0.352 e. The van der Waals surface area contributed by atoms with E-state index in [-0.39, 0.29) is 39.2 Å². The molecule has 0 atom stereocenters. The summed E-state index contributed by atoms with van der Waals surface area (Å²) in [6.07, 6.45) is 0.695. The number of thioether (sulfide) groups is 1. The van der Waals surface area contributed by atoms with Crippen LogP contribution in [-0.2, 0) is 0 Å². The van der Waals surface area contributed by atoms with Crippen molar-refractivity contribution in [1.82, 2.24) is 5.32 Å². The molecule has 7 nitrogen and oxygen atoms in total. The van der Waals surface area contributed by atoms with Crippen molar-refractivity contribution in [1.29, 1.82) is 0 Å². The number of hydrogen-bond donors (Lipinski definition) is 2. The van der Waals surface area contributed by atoms with Gasteiger partial charge in [-0.3, -0.25) is 19.7 Å². The van der Waals surface area contributed by atoms with Crippen LogP contribution in [-0.4, -0.2) is 29.0 Å². The predicted octanol–water partition coefficient (Wildman–Crippen LogP) is 5.55. The van der Waals surface area contributed by atoms with Crippen LogP contribution in [0.5, 0.6) is 0 Å². The Kier molecular flexibility index (Phi) is 8.39. The van der Waals surface area contributed by atoms with Gasteiger partial charge in [-0.1, -0.05) is 23.7 Å². The molecule has 0 saturated carbocycles. The molecule has 0 saturated heterocycles. The number of nitro groups is 1. The zero-order valence-corrected chi connectivity index (χ0v) is 18.8. The van der Waals surface area contributed by atoms with E-state index in [1.54, 1.807) is 48.2 Å². The summed E-state index contributed by atoms with van der Waals surface area (Å²) in [7, 11) is 0. The molecule has 0 bridgehead atoms. The number of carbonyl (C=O) groups is 2. The Balaban J connectivity index is 1.56. The third-order valence-corrected chi connectivity index (χ3v) is 5.93. The molecule has 10 heteroatoms. The maximum Gasteiger partial charge on any atom is 0.270 e. The highest BCUT2D eigenvalue weighted by atomic mass is 35.5. The minimum absolute atomic E-state index is 0.0512. The number of anilines is 1. The van der Waals surface area contributed by atoms with E-state index >= 15 is 0 Å². The first-order valence-electron chi connectivity index (χ1n) is 9.86. The van der Waals surface area contributed by atoms with Crippen molar-refractivity contribution < 1.29 is 18.9 Å². The summed E-state index contributed by atoms with van der Waals surface area (Å²) >= 11 is 7.58. The Morgan fingerprint density at radius 2 is 1.73 bits per heavy atom. The predicted molar refractivity (Wildman–Crippen MR) is 127 cm³/mol. The van der Waals surface area contributed by atoms with Crippen molar-refractivity contribution >= 4 is 46.6 Å².